The molecule has 0 aromatic rings. The highest BCUT2D eigenvalue weighted by Crippen LogP contribution is 2.44. The Bertz CT molecular complexity index is 116. The minimum atomic E-state index is 0.353. The highest BCUT2D eigenvalue weighted by molar-refractivity contribution is 4.96. The molecule has 0 spiro atoms. The van der Waals surface area contributed by atoms with Gasteiger partial charge in [-0.15, -0.1) is 0 Å². The standard InChI is InChI=1S/C8H15NO/c10-3-1-2-9-5-7-4-8(7)6-9/h7-8,10H,1-6H2. The molecular formula is C8H15NO. The summed E-state index contributed by atoms with van der Waals surface area (Å²) < 4.78 is 0. The van der Waals surface area contributed by atoms with Gasteiger partial charge in [0.1, 0.15) is 0 Å². The number of piperidine rings is 1. The molecule has 2 aliphatic rings. The van der Waals surface area contributed by atoms with E-state index >= 15 is 0 Å². The largest absolute Gasteiger partial charge is 0.396 e. The second-order valence-corrected chi connectivity index (χ2v) is 3.59. The second-order valence-electron chi connectivity index (χ2n) is 3.59. The van der Waals surface area contributed by atoms with Crippen LogP contribution in [-0.4, -0.2) is 36.2 Å². The van der Waals surface area contributed by atoms with E-state index in [-0.39, 0.29) is 0 Å². The van der Waals surface area contributed by atoms with Gasteiger partial charge < -0.3 is 10.0 Å². The molecule has 0 radical (unpaired) electrons. The van der Waals surface area contributed by atoms with Gasteiger partial charge in [0.05, 0.1) is 0 Å². The summed E-state index contributed by atoms with van der Waals surface area (Å²) in [7, 11) is 0. The molecule has 2 atom stereocenters. The van der Waals surface area contributed by atoms with Crippen molar-refractivity contribution in [2.24, 2.45) is 11.8 Å². The monoisotopic (exact) mass is 141 g/mol. The smallest absolute Gasteiger partial charge is 0.0443 e. The van der Waals surface area contributed by atoms with Crippen LogP contribution in [0.1, 0.15) is 12.8 Å². The van der Waals surface area contributed by atoms with E-state index in [1.54, 1.807) is 0 Å². The van der Waals surface area contributed by atoms with Gasteiger partial charge >= 0.3 is 0 Å². The highest BCUT2D eigenvalue weighted by atomic mass is 16.3. The van der Waals surface area contributed by atoms with Crippen LogP contribution in [0.15, 0.2) is 0 Å². The van der Waals surface area contributed by atoms with Gasteiger partial charge in [-0.2, -0.15) is 0 Å². The maximum Gasteiger partial charge on any atom is 0.0443 e. The molecule has 0 amide bonds. The summed E-state index contributed by atoms with van der Waals surface area (Å²) in [6.07, 6.45) is 2.44. The molecule has 1 N–H and O–H groups in total. The molecule has 2 fully saturated rings. The average molecular weight is 141 g/mol. The number of aliphatic hydroxyl groups excluding tert-OH is 1. The molecule has 1 saturated heterocycles. The van der Waals surface area contributed by atoms with Gasteiger partial charge in [0, 0.05) is 26.2 Å². The second kappa shape index (κ2) is 2.51. The van der Waals surface area contributed by atoms with Gasteiger partial charge in [0.25, 0.3) is 0 Å². The minimum Gasteiger partial charge on any atom is -0.396 e. The van der Waals surface area contributed by atoms with E-state index in [1.165, 1.54) is 19.5 Å². The van der Waals surface area contributed by atoms with Crippen molar-refractivity contribution >= 4 is 0 Å². The average Bonchev–Trinajstić information content (AvgIpc) is 2.56. The predicted octanol–water partition coefficient (Wildman–Crippen LogP) is 0.321. The van der Waals surface area contributed by atoms with Crippen molar-refractivity contribution in [3.05, 3.63) is 0 Å². The van der Waals surface area contributed by atoms with E-state index in [4.69, 9.17) is 5.11 Å². The first-order valence-electron chi connectivity index (χ1n) is 4.23. The van der Waals surface area contributed by atoms with E-state index in [0.717, 1.165) is 24.8 Å². The first-order chi connectivity index (χ1) is 4.90. The lowest BCUT2D eigenvalue weighted by Gasteiger charge is -2.15. The number of aliphatic hydroxyl groups is 1. The molecular weight excluding hydrogens is 126 g/mol. The number of hydrogen-bond donors (Lipinski definition) is 1. The number of hydrogen-bond acceptors (Lipinski definition) is 2. The molecule has 58 valence electrons. The number of likely N-dealkylation sites (tertiary alicyclic amines) is 1. The summed E-state index contributed by atoms with van der Waals surface area (Å²) in [5.74, 6) is 2.08. The van der Waals surface area contributed by atoms with Crippen LogP contribution >= 0.6 is 0 Å². The lowest BCUT2D eigenvalue weighted by molar-refractivity contribution is 0.237. The Balaban J connectivity index is 1.66. The third-order valence-corrected chi connectivity index (χ3v) is 2.69. The van der Waals surface area contributed by atoms with E-state index in [9.17, 15) is 0 Å². The van der Waals surface area contributed by atoms with Crippen LogP contribution in [0.25, 0.3) is 0 Å². The molecule has 2 heteroatoms. The third-order valence-electron chi connectivity index (χ3n) is 2.69. The Kier molecular flexibility index (Phi) is 1.66. The summed E-state index contributed by atoms with van der Waals surface area (Å²) >= 11 is 0. The molecule has 2 nitrogen and oxygen atoms in total. The van der Waals surface area contributed by atoms with Crippen LogP contribution in [0, 0.1) is 11.8 Å². The fourth-order valence-corrected chi connectivity index (χ4v) is 1.97. The zero-order chi connectivity index (χ0) is 6.97. The molecule has 1 heterocycles. The molecule has 1 aliphatic carbocycles. The zero-order valence-corrected chi connectivity index (χ0v) is 6.29. The molecule has 1 aliphatic heterocycles. The van der Waals surface area contributed by atoms with Crippen molar-refractivity contribution in [2.75, 3.05) is 26.2 Å². The zero-order valence-electron chi connectivity index (χ0n) is 6.29. The molecule has 1 saturated carbocycles. The van der Waals surface area contributed by atoms with Gasteiger partial charge in [-0.25, -0.2) is 0 Å². The quantitative estimate of drug-likeness (QED) is 0.612. The van der Waals surface area contributed by atoms with Crippen LogP contribution in [0.3, 0.4) is 0 Å². The summed E-state index contributed by atoms with van der Waals surface area (Å²) in [6, 6.07) is 0. The molecule has 0 bridgehead atoms. The van der Waals surface area contributed by atoms with Crippen LogP contribution in [-0.2, 0) is 0 Å². The van der Waals surface area contributed by atoms with Gasteiger partial charge in [0.2, 0.25) is 0 Å². The predicted molar refractivity (Wildman–Crippen MR) is 39.7 cm³/mol. The fourth-order valence-electron chi connectivity index (χ4n) is 1.97. The third kappa shape index (κ3) is 1.18. The maximum absolute atomic E-state index is 8.58. The topological polar surface area (TPSA) is 23.5 Å². The van der Waals surface area contributed by atoms with E-state index in [2.05, 4.69) is 4.90 Å². The first kappa shape index (κ1) is 6.62. The maximum atomic E-state index is 8.58. The van der Waals surface area contributed by atoms with E-state index in [1.807, 2.05) is 0 Å². The highest BCUT2D eigenvalue weighted by Gasteiger charge is 2.44. The Morgan fingerprint density at radius 1 is 1.30 bits per heavy atom. The lowest BCUT2D eigenvalue weighted by atomic mass is 10.4. The van der Waals surface area contributed by atoms with Crippen molar-refractivity contribution in [1.29, 1.82) is 0 Å². The van der Waals surface area contributed by atoms with E-state index < -0.39 is 0 Å². The Morgan fingerprint density at radius 2 is 2.00 bits per heavy atom. The Hall–Kier alpha value is -0.0800. The van der Waals surface area contributed by atoms with Gasteiger partial charge in [-0.3, -0.25) is 0 Å². The number of fused-ring (bicyclic) bond motifs is 1. The minimum absolute atomic E-state index is 0.353. The Labute approximate surface area is 61.8 Å². The summed E-state index contributed by atoms with van der Waals surface area (Å²) in [5.41, 5.74) is 0. The molecule has 10 heavy (non-hydrogen) atoms. The van der Waals surface area contributed by atoms with Gasteiger partial charge in [0.15, 0.2) is 0 Å². The SMILES string of the molecule is OCCCN1CC2CC2C1. The lowest BCUT2D eigenvalue weighted by Crippen LogP contribution is -2.24. The summed E-state index contributed by atoms with van der Waals surface area (Å²) in [5, 5.41) is 8.58. The van der Waals surface area contributed by atoms with Crippen molar-refractivity contribution in [3.8, 4) is 0 Å². The van der Waals surface area contributed by atoms with Crippen molar-refractivity contribution in [3.63, 3.8) is 0 Å². The van der Waals surface area contributed by atoms with Crippen molar-refractivity contribution in [1.82, 2.24) is 4.90 Å². The number of nitrogens with zero attached hydrogens (tertiary/aromatic N) is 1. The van der Waals surface area contributed by atoms with Crippen LogP contribution < -0.4 is 0 Å². The molecule has 0 aromatic heterocycles. The summed E-state index contributed by atoms with van der Waals surface area (Å²) in [6.45, 7) is 4.09. The molecule has 2 rings (SSSR count). The first-order valence-corrected chi connectivity index (χ1v) is 4.23. The van der Waals surface area contributed by atoms with Gasteiger partial charge in [-0.05, 0) is 24.7 Å². The van der Waals surface area contributed by atoms with Crippen LogP contribution in [0.4, 0.5) is 0 Å². The van der Waals surface area contributed by atoms with Gasteiger partial charge in [-0.1, -0.05) is 0 Å². The molecule has 2 unspecified atom stereocenters. The molecule has 0 aromatic carbocycles. The van der Waals surface area contributed by atoms with Crippen molar-refractivity contribution < 1.29 is 5.11 Å². The van der Waals surface area contributed by atoms with Crippen LogP contribution in [0.2, 0.25) is 0 Å². The summed E-state index contributed by atoms with van der Waals surface area (Å²) in [4.78, 5) is 2.48. The number of rotatable bonds is 3. The Morgan fingerprint density at radius 3 is 2.60 bits per heavy atom. The van der Waals surface area contributed by atoms with Crippen LogP contribution in [0.5, 0.6) is 0 Å². The normalized spacial score (nSPS) is 38.1. The van der Waals surface area contributed by atoms with E-state index in [0.29, 0.717) is 6.61 Å². The van der Waals surface area contributed by atoms with Crippen molar-refractivity contribution in [2.45, 2.75) is 12.8 Å². The fraction of sp³-hybridized carbons (Fsp3) is 1.00.